The maximum absolute atomic E-state index is 12.8. The molecule has 0 radical (unpaired) electrons. The standard InChI is InChI=1S/C18H24N2O4/c1-14(21)19-10-11-24-18(12-19)8-3-9-20(13-18)17(22)15-4-6-16(23-2)7-5-15/h4-7H,3,8-13H2,1-2H3/t18-/m1/s1. The van der Waals surface area contributed by atoms with Gasteiger partial charge in [-0.1, -0.05) is 0 Å². The number of morpholine rings is 1. The fourth-order valence-electron chi connectivity index (χ4n) is 3.55. The minimum absolute atomic E-state index is 0.000256. The summed E-state index contributed by atoms with van der Waals surface area (Å²) in [5, 5.41) is 0. The molecular formula is C18H24N2O4. The summed E-state index contributed by atoms with van der Waals surface area (Å²) < 4.78 is 11.2. The molecule has 0 aliphatic carbocycles. The molecule has 2 saturated heterocycles. The van der Waals surface area contributed by atoms with Gasteiger partial charge in [0.1, 0.15) is 11.4 Å². The Kier molecular flexibility index (Phi) is 4.76. The molecule has 130 valence electrons. The van der Waals surface area contributed by atoms with Crippen molar-refractivity contribution in [2.45, 2.75) is 25.4 Å². The molecule has 2 heterocycles. The summed E-state index contributed by atoms with van der Waals surface area (Å²) in [6.07, 6.45) is 1.76. The fourth-order valence-corrected chi connectivity index (χ4v) is 3.55. The molecule has 0 unspecified atom stereocenters. The van der Waals surface area contributed by atoms with Gasteiger partial charge >= 0.3 is 0 Å². The van der Waals surface area contributed by atoms with Gasteiger partial charge in [-0.25, -0.2) is 0 Å². The van der Waals surface area contributed by atoms with E-state index in [1.807, 2.05) is 9.80 Å². The van der Waals surface area contributed by atoms with Crippen molar-refractivity contribution in [2.75, 3.05) is 39.9 Å². The maximum Gasteiger partial charge on any atom is 0.253 e. The third-order valence-electron chi connectivity index (χ3n) is 4.86. The van der Waals surface area contributed by atoms with E-state index in [9.17, 15) is 9.59 Å². The van der Waals surface area contributed by atoms with Crippen LogP contribution < -0.4 is 4.74 Å². The Balaban J connectivity index is 1.72. The molecule has 2 amide bonds. The predicted molar refractivity (Wildman–Crippen MR) is 89.1 cm³/mol. The molecule has 0 aromatic heterocycles. The van der Waals surface area contributed by atoms with E-state index < -0.39 is 5.60 Å². The third-order valence-corrected chi connectivity index (χ3v) is 4.86. The summed E-state index contributed by atoms with van der Waals surface area (Å²) in [6, 6.07) is 7.15. The highest BCUT2D eigenvalue weighted by molar-refractivity contribution is 5.94. The third kappa shape index (κ3) is 3.38. The highest BCUT2D eigenvalue weighted by Gasteiger charge is 2.42. The number of carbonyl (C=O) groups excluding carboxylic acids is 2. The SMILES string of the molecule is COc1ccc(C(=O)N2CCC[C@@]3(CN(C(C)=O)CCO3)C2)cc1. The second-order valence-corrected chi connectivity index (χ2v) is 6.53. The van der Waals surface area contributed by atoms with Gasteiger partial charge in [0, 0.05) is 25.6 Å². The van der Waals surface area contributed by atoms with Gasteiger partial charge in [0.05, 0.1) is 26.8 Å². The second-order valence-electron chi connectivity index (χ2n) is 6.53. The maximum atomic E-state index is 12.8. The number of likely N-dealkylation sites (tertiary alicyclic amines) is 1. The minimum Gasteiger partial charge on any atom is -0.497 e. The molecule has 2 aliphatic heterocycles. The fraction of sp³-hybridized carbons (Fsp3) is 0.556. The molecular weight excluding hydrogens is 308 g/mol. The van der Waals surface area contributed by atoms with Crippen molar-refractivity contribution >= 4 is 11.8 Å². The van der Waals surface area contributed by atoms with Crippen LogP contribution in [0.2, 0.25) is 0 Å². The number of methoxy groups -OCH3 is 1. The van der Waals surface area contributed by atoms with Crippen LogP contribution in [-0.4, -0.2) is 67.1 Å². The van der Waals surface area contributed by atoms with Crippen LogP contribution in [0.3, 0.4) is 0 Å². The Hall–Kier alpha value is -2.08. The quantitative estimate of drug-likeness (QED) is 0.824. The number of piperidine rings is 1. The van der Waals surface area contributed by atoms with Crippen molar-refractivity contribution in [3.63, 3.8) is 0 Å². The van der Waals surface area contributed by atoms with E-state index in [1.165, 1.54) is 0 Å². The van der Waals surface area contributed by atoms with Crippen LogP contribution >= 0.6 is 0 Å². The monoisotopic (exact) mass is 332 g/mol. The Bertz CT molecular complexity index is 612. The van der Waals surface area contributed by atoms with Crippen LogP contribution in [0.1, 0.15) is 30.1 Å². The zero-order chi connectivity index (χ0) is 17.2. The number of rotatable bonds is 2. The molecule has 1 spiro atoms. The molecule has 1 aromatic carbocycles. The van der Waals surface area contributed by atoms with Crippen LogP contribution in [0.25, 0.3) is 0 Å². The normalized spacial score (nSPS) is 24.1. The largest absolute Gasteiger partial charge is 0.497 e. The first-order chi connectivity index (χ1) is 11.5. The van der Waals surface area contributed by atoms with Crippen molar-refractivity contribution in [3.8, 4) is 5.75 Å². The number of benzene rings is 1. The molecule has 0 saturated carbocycles. The Morgan fingerprint density at radius 3 is 2.50 bits per heavy atom. The first kappa shape index (κ1) is 16.8. The lowest BCUT2D eigenvalue weighted by atomic mass is 9.90. The van der Waals surface area contributed by atoms with Crippen molar-refractivity contribution in [1.29, 1.82) is 0 Å². The van der Waals surface area contributed by atoms with Crippen LogP contribution in [-0.2, 0) is 9.53 Å². The van der Waals surface area contributed by atoms with Gasteiger partial charge < -0.3 is 19.3 Å². The average Bonchev–Trinajstić information content (AvgIpc) is 2.61. The van der Waals surface area contributed by atoms with Crippen LogP contribution in [0.15, 0.2) is 24.3 Å². The van der Waals surface area contributed by atoms with E-state index in [0.29, 0.717) is 31.8 Å². The Morgan fingerprint density at radius 2 is 1.83 bits per heavy atom. The van der Waals surface area contributed by atoms with Gasteiger partial charge in [0.15, 0.2) is 0 Å². The lowest BCUT2D eigenvalue weighted by Gasteiger charge is -2.47. The minimum atomic E-state index is -0.426. The van der Waals surface area contributed by atoms with Gasteiger partial charge in [0.2, 0.25) is 5.91 Å². The number of carbonyl (C=O) groups is 2. The number of hydrogen-bond donors (Lipinski definition) is 0. The molecule has 1 atom stereocenters. The molecule has 6 heteroatoms. The molecule has 3 rings (SSSR count). The summed E-state index contributed by atoms with van der Waals surface area (Å²) >= 11 is 0. The predicted octanol–water partition coefficient (Wildman–Crippen LogP) is 1.55. The van der Waals surface area contributed by atoms with Gasteiger partial charge in [-0.15, -0.1) is 0 Å². The number of amides is 2. The lowest BCUT2D eigenvalue weighted by Crippen LogP contribution is -2.61. The van der Waals surface area contributed by atoms with E-state index in [-0.39, 0.29) is 11.8 Å². The number of nitrogens with zero attached hydrogens (tertiary/aromatic N) is 2. The van der Waals surface area contributed by atoms with Crippen LogP contribution in [0.4, 0.5) is 0 Å². The molecule has 0 bridgehead atoms. The number of ether oxygens (including phenoxy) is 2. The summed E-state index contributed by atoms with van der Waals surface area (Å²) in [5.41, 5.74) is 0.219. The smallest absolute Gasteiger partial charge is 0.253 e. The van der Waals surface area contributed by atoms with Gasteiger partial charge in [-0.2, -0.15) is 0 Å². The van der Waals surface area contributed by atoms with Gasteiger partial charge in [-0.05, 0) is 37.1 Å². The first-order valence-corrected chi connectivity index (χ1v) is 8.36. The summed E-state index contributed by atoms with van der Waals surface area (Å²) in [6.45, 7) is 4.56. The zero-order valence-electron chi connectivity index (χ0n) is 14.3. The molecule has 24 heavy (non-hydrogen) atoms. The molecule has 1 aromatic rings. The van der Waals surface area contributed by atoms with Crippen LogP contribution in [0.5, 0.6) is 5.75 Å². The second kappa shape index (κ2) is 6.81. The summed E-state index contributed by atoms with van der Waals surface area (Å²) in [4.78, 5) is 28.2. The van der Waals surface area contributed by atoms with Crippen molar-refractivity contribution in [2.24, 2.45) is 0 Å². The van der Waals surface area contributed by atoms with Crippen molar-refractivity contribution in [3.05, 3.63) is 29.8 Å². The summed E-state index contributed by atoms with van der Waals surface area (Å²) in [7, 11) is 1.60. The Morgan fingerprint density at radius 1 is 1.12 bits per heavy atom. The molecule has 2 aliphatic rings. The Labute approximate surface area is 142 Å². The molecule has 0 N–H and O–H groups in total. The highest BCUT2D eigenvalue weighted by Crippen LogP contribution is 2.30. The van der Waals surface area contributed by atoms with E-state index in [2.05, 4.69) is 0 Å². The summed E-state index contributed by atoms with van der Waals surface area (Å²) in [5.74, 6) is 0.797. The lowest BCUT2D eigenvalue weighted by molar-refractivity contribution is -0.157. The molecule has 2 fully saturated rings. The van der Waals surface area contributed by atoms with Crippen LogP contribution in [0, 0.1) is 0 Å². The van der Waals surface area contributed by atoms with Crippen molar-refractivity contribution < 1.29 is 19.1 Å². The number of hydrogen-bond acceptors (Lipinski definition) is 4. The van der Waals surface area contributed by atoms with Gasteiger partial charge in [-0.3, -0.25) is 9.59 Å². The van der Waals surface area contributed by atoms with E-state index in [1.54, 1.807) is 38.3 Å². The van der Waals surface area contributed by atoms with Crippen molar-refractivity contribution in [1.82, 2.24) is 9.80 Å². The van der Waals surface area contributed by atoms with E-state index in [0.717, 1.165) is 25.1 Å². The molecule has 6 nitrogen and oxygen atoms in total. The first-order valence-electron chi connectivity index (χ1n) is 8.36. The van der Waals surface area contributed by atoms with E-state index in [4.69, 9.17) is 9.47 Å². The topological polar surface area (TPSA) is 59.1 Å². The average molecular weight is 332 g/mol. The zero-order valence-corrected chi connectivity index (χ0v) is 14.3. The van der Waals surface area contributed by atoms with Gasteiger partial charge in [0.25, 0.3) is 5.91 Å². The van der Waals surface area contributed by atoms with E-state index >= 15 is 0 Å². The highest BCUT2D eigenvalue weighted by atomic mass is 16.5.